The molecule has 2 heterocycles. The zero-order valence-electron chi connectivity index (χ0n) is 17.2. The molecule has 174 valence electrons. The third kappa shape index (κ3) is 4.58. The third-order valence-corrected chi connectivity index (χ3v) is 5.39. The molecule has 1 aromatic carbocycles. The number of benzene rings is 1. The number of pyridine rings is 1. The Morgan fingerprint density at radius 2 is 1.76 bits per heavy atom. The normalized spacial score (nSPS) is 11.5. The van der Waals surface area contributed by atoms with Gasteiger partial charge in [-0.25, -0.2) is 14.4 Å². The van der Waals surface area contributed by atoms with E-state index in [-0.39, 0.29) is 14.7 Å². The second-order valence-electron chi connectivity index (χ2n) is 6.73. The van der Waals surface area contributed by atoms with Crippen molar-refractivity contribution >= 4 is 33.0 Å². The average Bonchev–Trinajstić information content (AvgIpc) is 2.75. The number of nitrogens with zero attached hydrogens (tertiary/aromatic N) is 4. The summed E-state index contributed by atoms with van der Waals surface area (Å²) in [5.74, 6) is -1.36. The predicted octanol–water partition coefficient (Wildman–Crippen LogP) is 5.32. The topological polar surface area (TPSA) is 103 Å². The van der Waals surface area contributed by atoms with Gasteiger partial charge in [-0.2, -0.15) is 13.2 Å². The van der Waals surface area contributed by atoms with Gasteiger partial charge in [0.15, 0.2) is 11.5 Å². The number of nitro benzene ring substituents is 1. The zero-order valence-corrected chi connectivity index (χ0v) is 18.8. The van der Waals surface area contributed by atoms with Gasteiger partial charge in [0.2, 0.25) is 0 Å². The summed E-state index contributed by atoms with van der Waals surface area (Å²) < 4.78 is 55.9. The van der Waals surface area contributed by atoms with Crippen LogP contribution in [0.3, 0.4) is 0 Å². The fraction of sp³-hybridized carbons (Fsp3) is 0.250. The molecule has 33 heavy (non-hydrogen) atoms. The van der Waals surface area contributed by atoms with Crippen LogP contribution in [0.25, 0.3) is 5.69 Å². The van der Waals surface area contributed by atoms with Crippen LogP contribution in [0.15, 0.2) is 39.9 Å². The SMILES string of the molecule is CCc1ncnc(CC)c1Nc1c(Br)cc(C(F)(F)F)n(-c2c(F)cccc2[N+](=O)[O-])c1=O. The van der Waals surface area contributed by atoms with Crippen molar-refractivity contribution in [2.75, 3.05) is 5.32 Å². The first kappa shape index (κ1) is 24.3. The van der Waals surface area contributed by atoms with Crippen LogP contribution in [-0.2, 0) is 19.0 Å². The number of aryl methyl sites for hydroxylation is 2. The lowest BCUT2D eigenvalue weighted by atomic mass is 10.1. The van der Waals surface area contributed by atoms with Crippen LogP contribution in [0, 0.1) is 15.9 Å². The highest BCUT2D eigenvalue weighted by molar-refractivity contribution is 9.10. The summed E-state index contributed by atoms with van der Waals surface area (Å²) in [5.41, 5.74) is -4.14. The van der Waals surface area contributed by atoms with Gasteiger partial charge in [-0.05, 0) is 40.9 Å². The number of hydrogen-bond acceptors (Lipinski definition) is 6. The van der Waals surface area contributed by atoms with Gasteiger partial charge in [0.1, 0.15) is 17.7 Å². The van der Waals surface area contributed by atoms with E-state index in [1.807, 2.05) is 0 Å². The molecule has 3 aromatic rings. The van der Waals surface area contributed by atoms with Crippen molar-refractivity contribution in [1.29, 1.82) is 0 Å². The lowest BCUT2D eigenvalue weighted by molar-refractivity contribution is -0.384. The highest BCUT2D eigenvalue weighted by atomic mass is 79.9. The number of aromatic nitrogens is 3. The second kappa shape index (κ2) is 9.25. The number of nitro groups is 1. The molecule has 0 amide bonds. The minimum absolute atomic E-state index is 0.0401. The molecule has 2 aromatic heterocycles. The highest BCUT2D eigenvalue weighted by Crippen LogP contribution is 2.37. The summed E-state index contributed by atoms with van der Waals surface area (Å²) in [6.07, 6.45) is -2.97. The maximum atomic E-state index is 14.7. The lowest BCUT2D eigenvalue weighted by Gasteiger charge is -2.20. The van der Waals surface area contributed by atoms with Gasteiger partial charge in [-0.3, -0.25) is 19.5 Å². The molecular weight excluding hydrogens is 514 g/mol. The molecule has 3 rings (SSSR count). The molecule has 0 saturated heterocycles. The number of hydrogen-bond donors (Lipinski definition) is 1. The minimum atomic E-state index is -5.13. The number of para-hydroxylation sites is 1. The van der Waals surface area contributed by atoms with E-state index in [2.05, 4.69) is 31.2 Å². The summed E-state index contributed by atoms with van der Waals surface area (Å²) in [7, 11) is 0. The minimum Gasteiger partial charge on any atom is -0.347 e. The Balaban J connectivity index is 2.40. The summed E-state index contributed by atoms with van der Waals surface area (Å²) in [4.78, 5) is 31.9. The molecule has 13 heteroatoms. The van der Waals surface area contributed by atoms with Crippen molar-refractivity contribution < 1.29 is 22.5 Å². The van der Waals surface area contributed by atoms with E-state index in [4.69, 9.17) is 0 Å². The molecule has 0 aliphatic rings. The Bertz CT molecular complexity index is 1270. The number of halogens is 5. The van der Waals surface area contributed by atoms with E-state index >= 15 is 0 Å². The van der Waals surface area contributed by atoms with E-state index in [1.165, 1.54) is 6.33 Å². The van der Waals surface area contributed by atoms with Crippen LogP contribution in [0.5, 0.6) is 0 Å². The van der Waals surface area contributed by atoms with E-state index < -0.39 is 39.5 Å². The van der Waals surface area contributed by atoms with Crippen LogP contribution in [0.1, 0.15) is 30.9 Å². The molecule has 0 saturated carbocycles. The van der Waals surface area contributed by atoms with Gasteiger partial charge in [0, 0.05) is 10.5 Å². The van der Waals surface area contributed by atoms with Crippen molar-refractivity contribution in [2.45, 2.75) is 32.9 Å². The van der Waals surface area contributed by atoms with Crippen LogP contribution < -0.4 is 10.9 Å². The molecule has 8 nitrogen and oxygen atoms in total. The number of rotatable bonds is 6. The summed E-state index contributed by atoms with van der Waals surface area (Å²) in [6, 6.07) is 3.08. The average molecular weight is 530 g/mol. The summed E-state index contributed by atoms with van der Waals surface area (Å²) >= 11 is 2.97. The van der Waals surface area contributed by atoms with Crippen LogP contribution in [0.4, 0.5) is 34.6 Å². The molecule has 0 unspecified atom stereocenters. The van der Waals surface area contributed by atoms with Gasteiger partial charge in [-0.1, -0.05) is 19.9 Å². The molecule has 0 aliphatic heterocycles. The first-order valence-electron chi connectivity index (χ1n) is 9.56. The van der Waals surface area contributed by atoms with Gasteiger partial charge in [0.25, 0.3) is 11.2 Å². The van der Waals surface area contributed by atoms with Crippen molar-refractivity contribution in [3.05, 3.63) is 78.4 Å². The monoisotopic (exact) mass is 529 g/mol. The van der Waals surface area contributed by atoms with Crippen molar-refractivity contribution in [3.8, 4) is 5.69 Å². The maximum absolute atomic E-state index is 14.7. The Morgan fingerprint density at radius 3 is 2.27 bits per heavy atom. The Morgan fingerprint density at radius 1 is 1.15 bits per heavy atom. The molecule has 0 radical (unpaired) electrons. The summed E-state index contributed by atoms with van der Waals surface area (Å²) in [5, 5.41) is 14.2. The molecular formula is C20H16BrF4N5O3. The van der Waals surface area contributed by atoms with E-state index in [0.717, 1.165) is 18.2 Å². The Kier molecular flexibility index (Phi) is 6.81. The van der Waals surface area contributed by atoms with Crippen molar-refractivity contribution in [2.24, 2.45) is 0 Å². The van der Waals surface area contributed by atoms with Crippen molar-refractivity contribution in [1.82, 2.24) is 14.5 Å². The molecule has 1 N–H and O–H groups in total. The largest absolute Gasteiger partial charge is 0.431 e. The molecule has 0 fully saturated rings. The van der Waals surface area contributed by atoms with Gasteiger partial charge in [-0.15, -0.1) is 0 Å². The summed E-state index contributed by atoms with van der Waals surface area (Å²) in [6.45, 7) is 3.57. The second-order valence-corrected chi connectivity index (χ2v) is 7.58. The van der Waals surface area contributed by atoms with Crippen LogP contribution in [0.2, 0.25) is 0 Å². The standard InChI is InChI=1S/C20H16BrF4N5O3/c1-3-12-17(13(4-2)27-9-26-12)28-16-10(21)8-15(20(23,24)25)29(19(16)31)18-11(22)6-5-7-14(18)30(32)33/h5-9,28H,3-4H2,1-2H3. The smallest absolute Gasteiger partial charge is 0.347 e. The Labute approximate surface area is 192 Å². The fourth-order valence-electron chi connectivity index (χ4n) is 3.27. The number of anilines is 2. The van der Waals surface area contributed by atoms with Gasteiger partial charge in [0.05, 0.1) is 22.0 Å². The first-order chi connectivity index (χ1) is 15.5. The highest BCUT2D eigenvalue weighted by Gasteiger charge is 2.39. The predicted molar refractivity (Wildman–Crippen MR) is 115 cm³/mol. The Hall–Kier alpha value is -3.35. The van der Waals surface area contributed by atoms with E-state index in [9.17, 15) is 32.5 Å². The molecule has 0 atom stereocenters. The maximum Gasteiger partial charge on any atom is 0.431 e. The zero-order chi connectivity index (χ0) is 24.5. The van der Waals surface area contributed by atoms with Crippen molar-refractivity contribution in [3.63, 3.8) is 0 Å². The van der Waals surface area contributed by atoms with Crippen LogP contribution >= 0.6 is 15.9 Å². The lowest BCUT2D eigenvalue weighted by Crippen LogP contribution is -2.30. The first-order valence-corrected chi connectivity index (χ1v) is 10.4. The third-order valence-electron chi connectivity index (χ3n) is 4.76. The quantitative estimate of drug-likeness (QED) is 0.263. The van der Waals surface area contributed by atoms with E-state index in [1.54, 1.807) is 13.8 Å². The number of nitrogens with one attached hydrogen (secondary N) is 1. The fourth-order valence-corrected chi connectivity index (χ4v) is 3.75. The van der Waals surface area contributed by atoms with Gasteiger partial charge >= 0.3 is 6.18 Å². The van der Waals surface area contributed by atoms with Gasteiger partial charge < -0.3 is 5.32 Å². The number of alkyl halides is 3. The molecule has 0 aliphatic carbocycles. The molecule has 0 spiro atoms. The van der Waals surface area contributed by atoms with Crippen LogP contribution in [-0.4, -0.2) is 19.5 Å². The molecule has 0 bridgehead atoms. The van der Waals surface area contributed by atoms with E-state index in [0.29, 0.717) is 36.0 Å².